The van der Waals surface area contributed by atoms with Gasteiger partial charge in [0.25, 0.3) is 10.0 Å². The Balaban J connectivity index is 2.04. The van der Waals surface area contributed by atoms with E-state index in [9.17, 15) is 18.0 Å². The summed E-state index contributed by atoms with van der Waals surface area (Å²) >= 11 is 1.50. The molecule has 0 saturated heterocycles. The highest BCUT2D eigenvalue weighted by atomic mass is 32.2. The summed E-state index contributed by atoms with van der Waals surface area (Å²) in [7, 11) is -2.63. The van der Waals surface area contributed by atoms with Crippen molar-refractivity contribution in [3.63, 3.8) is 0 Å². The van der Waals surface area contributed by atoms with Crippen molar-refractivity contribution in [2.75, 3.05) is 30.8 Å². The fourth-order valence-electron chi connectivity index (χ4n) is 4.04. The zero-order chi connectivity index (χ0) is 28.6. The SMILES string of the molecule is CCOc1ccc(N(CC(=O)N(Cc2ccccc2C)C(C)C(=O)NC)S(=O)(=O)c2ccc(SC)cc2)cc1. The standard InChI is InChI=1S/C29H35N3O5S2/c1-6-37-25-13-11-24(12-14-25)32(39(35,36)27-17-15-26(38-5)16-18-27)20-28(33)31(22(3)29(34)30-4)19-23-10-8-7-9-21(23)2/h7-18,22H,6,19-20H2,1-5H3,(H,30,34). The molecule has 10 heteroatoms. The minimum atomic E-state index is -4.13. The van der Waals surface area contributed by atoms with E-state index in [-0.39, 0.29) is 17.3 Å². The van der Waals surface area contributed by atoms with Gasteiger partial charge in [-0.15, -0.1) is 11.8 Å². The van der Waals surface area contributed by atoms with Crippen molar-refractivity contribution in [3.05, 3.63) is 83.9 Å². The van der Waals surface area contributed by atoms with Gasteiger partial charge in [-0.1, -0.05) is 24.3 Å². The topological polar surface area (TPSA) is 96.0 Å². The molecule has 0 aliphatic heterocycles. The minimum Gasteiger partial charge on any atom is -0.494 e. The lowest BCUT2D eigenvalue weighted by Crippen LogP contribution is -2.50. The molecule has 0 aromatic heterocycles. The molecule has 0 bridgehead atoms. The van der Waals surface area contributed by atoms with Crippen LogP contribution in [0.1, 0.15) is 25.0 Å². The maximum absolute atomic E-state index is 13.9. The van der Waals surface area contributed by atoms with Gasteiger partial charge < -0.3 is 15.0 Å². The first kappa shape index (κ1) is 30.0. The Hall–Kier alpha value is -3.50. The van der Waals surface area contributed by atoms with Crippen LogP contribution in [0.4, 0.5) is 5.69 Å². The van der Waals surface area contributed by atoms with Crippen molar-refractivity contribution in [1.82, 2.24) is 10.2 Å². The number of nitrogens with zero attached hydrogens (tertiary/aromatic N) is 2. The molecule has 2 amide bonds. The highest BCUT2D eigenvalue weighted by molar-refractivity contribution is 7.98. The van der Waals surface area contributed by atoms with Gasteiger partial charge in [-0.05, 0) is 86.7 Å². The van der Waals surface area contributed by atoms with Gasteiger partial charge in [-0.2, -0.15) is 0 Å². The number of thioether (sulfide) groups is 1. The summed E-state index contributed by atoms with van der Waals surface area (Å²) in [5, 5.41) is 2.59. The zero-order valence-electron chi connectivity index (χ0n) is 22.9. The number of rotatable bonds is 12. The second-order valence-corrected chi connectivity index (χ2v) is 11.6. The fourth-order valence-corrected chi connectivity index (χ4v) is 5.86. The molecule has 1 atom stereocenters. The van der Waals surface area contributed by atoms with Crippen LogP contribution in [0.2, 0.25) is 0 Å². The second kappa shape index (κ2) is 13.5. The summed E-state index contributed by atoms with van der Waals surface area (Å²) in [6.07, 6.45) is 1.91. The average molecular weight is 570 g/mol. The van der Waals surface area contributed by atoms with Crippen LogP contribution in [-0.4, -0.2) is 57.6 Å². The number of ether oxygens (including phenoxy) is 1. The van der Waals surface area contributed by atoms with Gasteiger partial charge in [0.1, 0.15) is 18.3 Å². The van der Waals surface area contributed by atoms with E-state index in [1.165, 1.54) is 35.8 Å². The molecule has 3 aromatic rings. The number of sulfonamides is 1. The predicted molar refractivity (Wildman–Crippen MR) is 156 cm³/mol. The van der Waals surface area contributed by atoms with Gasteiger partial charge in [0, 0.05) is 18.5 Å². The average Bonchev–Trinajstić information content (AvgIpc) is 2.95. The Labute approximate surface area is 235 Å². The molecular formula is C29H35N3O5S2. The summed E-state index contributed by atoms with van der Waals surface area (Å²) in [5.41, 5.74) is 2.14. The van der Waals surface area contributed by atoms with E-state index in [2.05, 4.69) is 5.32 Å². The largest absolute Gasteiger partial charge is 0.494 e. The van der Waals surface area contributed by atoms with Crippen LogP contribution in [-0.2, 0) is 26.2 Å². The Bertz CT molecular complexity index is 1380. The number of hydrogen-bond acceptors (Lipinski definition) is 6. The van der Waals surface area contributed by atoms with E-state index in [0.29, 0.717) is 18.0 Å². The fraction of sp³-hybridized carbons (Fsp3) is 0.310. The zero-order valence-corrected chi connectivity index (χ0v) is 24.5. The monoisotopic (exact) mass is 569 g/mol. The van der Waals surface area contributed by atoms with Crippen molar-refractivity contribution in [2.45, 2.75) is 43.1 Å². The molecule has 3 aromatic carbocycles. The first-order valence-electron chi connectivity index (χ1n) is 12.6. The highest BCUT2D eigenvalue weighted by Gasteiger charge is 2.32. The van der Waals surface area contributed by atoms with Crippen molar-refractivity contribution in [2.24, 2.45) is 0 Å². The first-order chi connectivity index (χ1) is 18.6. The molecule has 0 fully saturated rings. The molecule has 0 spiro atoms. The summed E-state index contributed by atoms with van der Waals surface area (Å²) in [6, 6.07) is 19.8. The van der Waals surface area contributed by atoms with E-state index in [1.807, 2.05) is 44.4 Å². The number of anilines is 1. The van der Waals surface area contributed by atoms with Crippen LogP contribution in [0.3, 0.4) is 0 Å². The number of hydrogen-bond donors (Lipinski definition) is 1. The summed E-state index contributed by atoms with van der Waals surface area (Å²) in [6.45, 7) is 5.54. The van der Waals surface area contributed by atoms with Crippen molar-refractivity contribution in [3.8, 4) is 5.75 Å². The molecule has 1 N–H and O–H groups in total. The highest BCUT2D eigenvalue weighted by Crippen LogP contribution is 2.28. The van der Waals surface area contributed by atoms with Gasteiger partial charge in [0.15, 0.2) is 0 Å². The third-order valence-electron chi connectivity index (χ3n) is 6.38. The molecule has 1 unspecified atom stereocenters. The molecule has 208 valence electrons. The van der Waals surface area contributed by atoms with Crippen LogP contribution >= 0.6 is 11.8 Å². The Kier molecular flexibility index (Phi) is 10.4. The van der Waals surface area contributed by atoms with E-state index < -0.39 is 28.5 Å². The van der Waals surface area contributed by atoms with Crippen LogP contribution in [0, 0.1) is 6.92 Å². The molecule has 0 saturated carbocycles. The summed E-state index contributed by atoms with van der Waals surface area (Å²) in [4.78, 5) is 28.9. The third-order valence-corrected chi connectivity index (χ3v) is 8.91. The predicted octanol–water partition coefficient (Wildman–Crippen LogP) is 4.47. The van der Waals surface area contributed by atoms with Crippen LogP contribution < -0.4 is 14.4 Å². The van der Waals surface area contributed by atoms with Gasteiger partial charge in [0.05, 0.1) is 17.2 Å². The van der Waals surface area contributed by atoms with E-state index in [4.69, 9.17) is 4.74 Å². The molecule has 0 aliphatic carbocycles. The number of amides is 2. The van der Waals surface area contributed by atoms with Crippen LogP contribution in [0.5, 0.6) is 5.75 Å². The number of benzene rings is 3. The number of nitrogens with one attached hydrogen (secondary N) is 1. The quantitative estimate of drug-likeness (QED) is 0.323. The van der Waals surface area contributed by atoms with E-state index >= 15 is 0 Å². The molecule has 0 radical (unpaired) electrons. The summed E-state index contributed by atoms with van der Waals surface area (Å²) in [5.74, 6) is -0.267. The molecule has 0 aliphatic rings. The molecule has 8 nitrogen and oxygen atoms in total. The van der Waals surface area contributed by atoms with Crippen molar-refractivity contribution >= 4 is 39.3 Å². The minimum absolute atomic E-state index is 0.0618. The number of carbonyl (C=O) groups is 2. The van der Waals surface area contributed by atoms with E-state index in [1.54, 1.807) is 43.3 Å². The van der Waals surface area contributed by atoms with E-state index in [0.717, 1.165) is 20.3 Å². The smallest absolute Gasteiger partial charge is 0.264 e. The van der Waals surface area contributed by atoms with Crippen molar-refractivity contribution < 1.29 is 22.7 Å². The van der Waals surface area contributed by atoms with Gasteiger partial charge in [-0.3, -0.25) is 13.9 Å². The Morgan fingerprint density at radius 2 is 1.64 bits per heavy atom. The number of aryl methyl sites for hydroxylation is 1. The van der Waals surface area contributed by atoms with Gasteiger partial charge in [-0.25, -0.2) is 8.42 Å². The molecule has 39 heavy (non-hydrogen) atoms. The lowest BCUT2D eigenvalue weighted by atomic mass is 10.1. The van der Waals surface area contributed by atoms with Crippen LogP contribution in [0.15, 0.2) is 82.6 Å². The Morgan fingerprint density at radius 1 is 1.00 bits per heavy atom. The number of likely N-dealkylation sites (N-methyl/N-ethyl adjacent to an activating group) is 1. The van der Waals surface area contributed by atoms with Crippen LogP contribution in [0.25, 0.3) is 0 Å². The lowest BCUT2D eigenvalue weighted by Gasteiger charge is -2.32. The Morgan fingerprint density at radius 3 is 2.21 bits per heavy atom. The molecular weight excluding hydrogens is 534 g/mol. The van der Waals surface area contributed by atoms with Gasteiger partial charge in [0.2, 0.25) is 11.8 Å². The summed E-state index contributed by atoms with van der Waals surface area (Å²) < 4.78 is 34.4. The second-order valence-electron chi connectivity index (χ2n) is 8.85. The number of carbonyl (C=O) groups excluding carboxylic acids is 2. The maximum atomic E-state index is 13.9. The van der Waals surface area contributed by atoms with Gasteiger partial charge >= 0.3 is 0 Å². The molecule has 3 rings (SSSR count). The third kappa shape index (κ3) is 7.33. The lowest BCUT2D eigenvalue weighted by molar-refractivity contribution is -0.139. The molecule has 0 heterocycles. The maximum Gasteiger partial charge on any atom is 0.264 e. The van der Waals surface area contributed by atoms with Crippen molar-refractivity contribution in [1.29, 1.82) is 0 Å². The normalized spacial score (nSPS) is 11.9. The first-order valence-corrected chi connectivity index (χ1v) is 15.2.